The Morgan fingerprint density at radius 2 is 1.93 bits per heavy atom. The molecule has 0 saturated carbocycles. The molecule has 140 valence electrons. The Balaban J connectivity index is 1.77. The Bertz CT molecular complexity index is 905. The van der Waals surface area contributed by atoms with E-state index in [0.29, 0.717) is 13.1 Å². The van der Waals surface area contributed by atoms with Gasteiger partial charge in [0.25, 0.3) is 5.91 Å². The molecule has 2 aromatic rings. The van der Waals surface area contributed by atoms with Gasteiger partial charge in [-0.05, 0) is 36.8 Å². The predicted octanol–water partition coefficient (Wildman–Crippen LogP) is 3.04. The molecule has 0 aliphatic carbocycles. The number of methoxy groups -OCH3 is 1. The first kappa shape index (κ1) is 17.4. The molecule has 0 saturated heterocycles. The molecule has 6 nitrogen and oxygen atoms in total. The van der Waals surface area contributed by atoms with Crippen molar-refractivity contribution in [1.82, 2.24) is 4.90 Å². The van der Waals surface area contributed by atoms with Crippen LogP contribution in [0.3, 0.4) is 0 Å². The fraction of sp³-hybridized carbons (Fsp3) is 0.333. The maximum absolute atomic E-state index is 12.1. The van der Waals surface area contributed by atoms with Crippen LogP contribution in [-0.4, -0.2) is 44.5 Å². The van der Waals surface area contributed by atoms with Crippen molar-refractivity contribution in [3.8, 4) is 5.75 Å². The molecule has 1 atom stereocenters. The van der Waals surface area contributed by atoms with Crippen molar-refractivity contribution in [2.45, 2.75) is 19.5 Å². The summed E-state index contributed by atoms with van der Waals surface area (Å²) in [5.74, 6) is 1.48. The highest BCUT2D eigenvalue weighted by Gasteiger charge is 2.39. The fourth-order valence-electron chi connectivity index (χ4n) is 3.88. The monoisotopic (exact) mass is 364 g/mol. The molecule has 27 heavy (non-hydrogen) atoms. The number of anilines is 2. The summed E-state index contributed by atoms with van der Waals surface area (Å²) in [5, 5.41) is 0. The number of hydrogen-bond donors (Lipinski definition) is 0. The van der Waals surface area contributed by atoms with Crippen LogP contribution in [0, 0.1) is 0 Å². The largest absolute Gasteiger partial charge is 0.497 e. The standard InChI is InChI=1S/C21H24N4O2/c1-14-20-17(23(2)3)6-5-7-18(20)25-13-19(26)22-21(25)24(14)12-15-8-10-16(27-4)11-9-15/h5-11,14H,12-13H2,1-4H3. The van der Waals surface area contributed by atoms with Crippen LogP contribution in [0.4, 0.5) is 11.4 Å². The van der Waals surface area contributed by atoms with Crippen molar-refractivity contribution in [3.05, 3.63) is 53.6 Å². The smallest absolute Gasteiger partial charge is 0.268 e. The Morgan fingerprint density at radius 1 is 1.19 bits per heavy atom. The van der Waals surface area contributed by atoms with Gasteiger partial charge in [0.05, 0.1) is 18.8 Å². The van der Waals surface area contributed by atoms with E-state index in [-0.39, 0.29) is 11.9 Å². The van der Waals surface area contributed by atoms with E-state index in [2.05, 4.69) is 60.1 Å². The molecule has 2 heterocycles. The zero-order chi connectivity index (χ0) is 19.1. The van der Waals surface area contributed by atoms with Gasteiger partial charge < -0.3 is 19.4 Å². The minimum atomic E-state index is -0.0972. The van der Waals surface area contributed by atoms with E-state index >= 15 is 0 Å². The second kappa shape index (κ2) is 6.61. The van der Waals surface area contributed by atoms with Gasteiger partial charge in [-0.2, -0.15) is 4.99 Å². The first-order valence-electron chi connectivity index (χ1n) is 9.08. The lowest BCUT2D eigenvalue weighted by Crippen LogP contribution is -2.47. The van der Waals surface area contributed by atoms with Crippen LogP contribution in [0.2, 0.25) is 0 Å². The lowest BCUT2D eigenvalue weighted by atomic mass is 9.97. The molecule has 0 aromatic heterocycles. The van der Waals surface area contributed by atoms with Gasteiger partial charge in [-0.3, -0.25) is 4.79 Å². The Labute approximate surface area is 159 Å². The second-order valence-electron chi connectivity index (χ2n) is 7.15. The summed E-state index contributed by atoms with van der Waals surface area (Å²) in [6.45, 7) is 3.15. The highest BCUT2D eigenvalue weighted by molar-refractivity contribution is 6.13. The molecule has 2 aliphatic rings. The maximum Gasteiger partial charge on any atom is 0.268 e. The van der Waals surface area contributed by atoms with Gasteiger partial charge in [-0.15, -0.1) is 0 Å². The molecule has 0 bridgehead atoms. The van der Waals surface area contributed by atoms with E-state index in [4.69, 9.17) is 4.74 Å². The van der Waals surface area contributed by atoms with E-state index in [1.54, 1.807) is 7.11 Å². The molecule has 0 fully saturated rings. The Kier molecular flexibility index (Phi) is 4.26. The molecule has 2 aromatic carbocycles. The number of amides is 1. The predicted molar refractivity (Wildman–Crippen MR) is 108 cm³/mol. The van der Waals surface area contributed by atoms with Crippen LogP contribution in [0.15, 0.2) is 47.5 Å². The minimum Gasteiger partial charge on any atom is -0.497 e. The molecule has 1 unspecified atom stereocenters. The van der Waals surface area contributed by atoms with E-state index in [1.807, 2.05) is 23.1 Å². The van der Waals surface area contributed by atoms with Gasteiger partial charge in [0.15, 0.2) is 0 Å². The molecule has 0 spiro atoms. The Morgan fingerprint density at radius 3 is 2.59 bits per heavy atom. The van der Waals surface area contributed by atoms with Crippen LogP contribution in [0.5, 0.6) is 5.75 Å². The van der Waals surface area contributed by atoms with Gasteiger partial charge in [0.2, 0.25) is 5.96 Å². The molecule has 0 N–H and O–H groups in total. The van der Waals surface area contributed by atoms with Crippen molar-refractivity contribution in [3.63, 3.8) is 0 Å². The Hall–Kier alpha value is -3.02. The number of hydrogen-bond acceptors (Lipinski definition) is 5. The van der Waals surface area contributed by atoms with Crippen molar-refractivity contribution >= 4 is 23.2 Å². The van der Waals surface area contributed by atoms with Crippen molar-refractivity contribution in [2.24, 2.45) is 4.99 Å². The van der Waals surface area contributed by atoms with Gasteiger partial charge in [0, 0.05) is 31.9 Å². The number of carbonyl (C=O) groups is 1. The average Bonchev–Trinajstić information content (AvgIpc) is 3.06. The first-order chi connectivity index (χ1) is 13.0. The SMILES string of the molecule is COc1ccc(CN2C3=NC(=O)CN3c3cccc(N(C)C)c3C2C)cc1. The summed E-state index contributed by atoms with van der Waals surface area (Å²) in [6, 6.07) is 14.4. The lowest BCUT2D eigenvalue weighted by molar-refractivity contribution is -0.115. The third-order valence-corrected chi connectivity index (χ3v) is 5.25. The molecule has 2 aliphatic heterocycles. The molecule has 6 heteroatoms. The average molecular weight is 364 g/mol. The third-order valence-electron chi connectivity index (χ3n) is 5.25. The van der Waals surface area contributed by atoms with Crippen molar-refractivity contribution in [2.75, 3.05) is 37.5 Å². The summed E-state index contributed by atoms with van der Waals surface area (Å²) in [7, 11) is 5.77. The van der Waals surface area contributed by atoms with Crippen LogP contribution in [0.1, 0.15) is 24.1 Å². The zero-order valence-electron chi connectivity index (χ0n) is 16.1. The number of fused-ring (bicyclic) bond motifs is 3. The summed E-state index contributed by atoms with van der Waals surface area (Å²) >= 11 is 0. The van der Waals surface area contributed by atoms with Gasteiger partial charge >= 0.3 is 0 Å². The van der Waals surface area contributed by atoms with Crippen molar-refractivity contribution < 1.29 is 9.53 Å². The number of rotatable bonds is 4. The van der Waals surface area contributed by atoms with Gasteiger partial charge in [-0.25, -0.2) is 0 Å². The maximum atomic E-state index is 12.1. The number of nitrogens with zero attached hydrogens (tertiary/aromatic N) is 4. The van der Waals surface area contributed by atoms with E-state index in [0.717, 1.165) is 28.6 Å². The summed E-state index contributed by atoms with van der Waals surface area (Å²) in [4.78, 5) is 22.9. The number of carbonyl (C=O) groups excluding carboxylic acids is 1. The van der Waals surface area contributed by atoms with E-state index in [1.165, 1.54) is 5.56 Å². The van der Waals surface area contributed by atoms with Gasteiger partial charge in [-0.1, -0.05) is 18.2 Å². The van der Waals surface area contributed by atoms with Crippen molar-refractivity contribution in [1.29, 1.82) is 0 Å². The lowest BCUT2D eigenvalue weighted by Gasteiger charge is -2.43. The quantitative estimate of drug-likeness (QED) is 0.835. The molecule has 1 amide bonds. The number of ether oxygens (including phenoxy) is 1. The van der Waals surface area contributed by atoms with Crippen LogP contribution in [0.25, 0.3) is 0 Å². The molecular weight excluding hydrogens is 340 g/mol. The topological polar surface area (TPSA) is 48.4 Å². The summed E-state index contributed by atoms with van der Waals surface area (Å²) in [5.41, 5.74) is 4.61. The second-order valence-corrected chi connectivity index (χ2v) is 7.15. The minimum absolute atomic E-state index is 0.0972. The highest BCUT2D eigenvalue weighted by atomic mass is 16.5. The van der Waals surface area contributed by atoms with Crippen LogP contribution in [-0.2, 0) is 11.3 Å². The third kappa shape index (κ3) is 2.91. The van der Waals surface area contributed by atoms with E-state index < -0.39 is 0 Å². The first-order valence-corrected chi connectivity index (χ1v) is 9.08. The number of guanidine groups is 1. The van der Waals surface area contributed by atoms with Crippen LogP contribution >= 0.6 is 0 Å². The number of benzene rings is 2. The molecule has 0 radical (unpaired) electrons. The number of aliphatic imine (C=N–C) groups is 1. The fourth-order valence-corrected chi connectivity index (χ4v) is 3.88. The summed E-state index contributed by atoms with van der Waals surface area (Å²) < 4.78 is 5.26. The van der Waals surface area contributed by atoms with Crippen LogP contribution < -0.4 is 14.5 Å². The summed E-state index contributed by atoms with van der Waals surface area (Å²) in [6.07, 6.45) is 0. The van der Waals surface area contributed by atoms with Gasteiger partial charge in [0.1, 0.15) is 12.3 Å². The zero-order valence-corrected chi connectivity index (χ0v) is 16.1. The normalized spacial score (nSPS) is 18.1. The van der Waals surface area contributed by atoms with E-state index in [9.17, 15) is 4.79 Å². The molecule has 4 rings (SSSR count). The molecular formula is C21H24N4O2. The highest BCUT2D eigenvalue weighted by Crippen LogP contribution is 2.43.